The summed E-state index contributed by atoms with van der Waals surface area (Å²) in [5.74, 6) is -1.28. The Labute approximate surface area is 127 Å². The Balaban J connectivity index is 2.25. The van der Waals surface area contributed by atoms with Crippen LogP contribution in [0.5, 0.6) is 11.5 Å². The minimum absolute atomic E-state index is 0.289. The van der Waals surface area contributed by atoms with Crippen LogP contribution in [0, 0.1) is 0 Å². The number of primary amides is 2. The monoisotopic (exact) mass is 300 g/mol. The van der Waals surface area contributed by atoms with Gasteiger partial charge in [0, 0.05) is 0 Å². The van der Waals surface area contributed by atoms with Crippen LogP contribution in [0.15, 0.2) is 60.7 Å². The number of hydrogen-bond acceptors (Lipinski definition) is 4. The van der Waals surface area contributed by atoms with Gasteiger partial charge in [0.05, 0.1) is 0 Å². The standard InChI is InChI=1S/C16H16N2O4/c17-14(19)16(15(18)20,22-13-9-5-2-6-10-13)11-21-12-7-3-1-4-8-12/h1-10H,11H2,(H2,17,19)(H2,18,20). The van der Waals surface area contributed by atoms with E-state index >= 15 is 0 Å². The summed E-state index contributed by atoms with van der Waals surface area (Å²) in [6, 6.07) is 17.0. The van der Waals surface area contributed by atoms with E-state index in [-0.39, 0.29) is 5.75 Å². The molecule has 0 bridgehead atoms. The van der Waals surface area contributed by atoms with E-state index in [0.717, 1.165) is 0 Å². The lowest BCUT2D eigenvalue weighted by Crippen LogP contribution is -2.62. The average molecular weight is 300 g/mol. The Morgan fingerprint density at radius 1 is 0.818 bits per heavy atom. The lowest BCUT2D eigenvalue weighted by molar-refractivity contribution is -0.149. The number of carbonyl (C=O) groups excluding carboxylic acids is 2. The van der Waals surface area contributed by atoms with E-state index in [1.54, 1.807) is 54.6 Å². The molecule has 0 heterocycles. The van der Waals surface area contributed by atoms with Crippen molar-refractivity contribution >= 4 is 11.8 Å². The van der Waals surface area contributed by atoms with Crippen molar-refractivity contribution in [3.63, 3.8) is 0 Å². The van der Waals surface area contributed by atoms with E-state index in [0.29, 0.717) is 5.75 Å². The van der Waals surface area contributed by atoms with E-state index in [1.165, 1.54) is 0 Å². The summed E-state index contributed by atoms with van der Waals surface area (Å²) in [4.78, 5) is 23.6. The zero-order chi connectivity index (χ0) is 16.0. The molecule has 0 saturated heterocycles. The van der Waals surface area contributed by atoms with Crippen molar-refractivity contribution in [1.29, 1.82) is 0 Å². The molecule has 0 atom stereocenters. The zero-order valence-electron chi connectivity index (χ0n) is 11.8. The Bertz CT molecular complexity index is 630. The number of rotatable bonds is 7. The molecule has 4 N–H and O–H groups in total. The molecule has 0 radical (unpaired) electrons. The minimum atomic E-state index is -2.09. The smallest absolute Gasteiger partial charge is 0.296 e. The van der Waals surface area contributed by atoms with Crippen LogP contribution in [0.4, 0.5) is 0 Å². The molecular formula is C16H16N2O4. The van der Waals surface area contributed by atoms with Crippen LogP contribution in [-0.2, 0) is 9.59 Å². The summed E-state index contributed by atoms with van der Waals surface area (Å²) in [5.41, 5.74) is 8.59. The Hall–Kier alpha value is -3.02. The SMILES string of the molecule is NC(=O)C(COc1ccccc1)(Oc1ccccc1)C(N)=O. The number of benzene rings is 2. The first-order valence-corrected chi connectivity index (χ1v) is 6.56. The van der Waals surface area contributed by atoms with E-state index in [9.17, 15) is 9.59 Å². The molecule has 2 aromatic rings. The molecule has 0 fully saturated rings. The van der Waals surface area contributed by atoms with Crippen LogP contribution in [0.1, 0.15) is 0 Å². The van der Waals surface area contributed by atoms with Crippen LogP contribution in [-0.4, -0.2) is 24.0 Å². The van der Waals surface area contributed by atoms with Crippen molar-refractivity contribution in [2.75, 3.05) is 6.61 Å². The predicted molar refractivity (Wildman–Crippen MR) is 80.1 cm³/mol. The second-order valence-corrected chi connectivity index (χ2v) is 4.57. The fourth-order valence-electron chi connectivity index (χ4n) is 1.79. The Kier molecular flexibility index (Phi) is 4.63. The van der Waals surface area contributed by atoms with Crippen molar-refractivity contribution in [2.45, 2.75) is 5.60 Å². The predicted octanol–water partition coefficient (Wildman–Crippen LogP) is 0.854. The lowest BCUT2D eigenvalue weighted by atomic mass is 10.0. The summed E-state index contributed by atoms with van der Waals surface area (Å²) >= 11 is 0. The minimum Gasteiger partial charge on any atom is -0.488 e. The normalized spacial score (nSPS) is 10.7. The lowest BCUT2D eigenvalue weighted by Gasteiger charge is -2.28. The first-order valence-electron chi connectivity index (χ1n) is 6.56. The third kappa shape index (κ3) is 3.35. The van der Waals surface area contributed by atoms with Crippen molar-refractivity contribution in [3.8, 4) is 11.5 Å². The number of carbonyl (C=O) groups is 2. The second-order valence-electron chi connectivity index (χ2n) is 4.57. The van der Waals surface area contributed by atoms with Gasteiger partial charge in [-0.15, -0.1) is 0 Å². The molecule has 114 valence electrons. The number of nitrogens with two attached hydrogens (primary N) is 2. The highest BCUT2D eigenvalue weighted by Crippen LogP contribution is 2.20. The third-order valence-electron chi connectivity index (χ3n) is 3.02. The second kappa shape index (κ2) is 6.62. The summed E-state index contributed by atoms with van der Waals surface area (Å²) in [6.07, 6.45) is 0. The van der Waals surface area contributed by atoms with E-state index in [4.69, 9.17) is 20.9 Å². The van der Waals surface area contributed by atoms with Gasteiger partial charge in [-0.3, -0.25) is 9.59 Å². The topological polar surface area (TPSA) is 105 Å². The van der Waals surface area contributed by atoms with Gasteiger partial charge < -0.3 is 20.9 Å². The van der Waals surface area contributed by atoms with Gasteiger partial charge in [0.15, 0.2) is 0 Å². The van der Waals surface area contributed by atoms with Gasteiger partial charge in [0.25, 0.3) is 17.4 Å². The maximum atomic E-state index is 11.8. The zero-order valence-corrected chi connectivity index (χ0v) is 11.8. The quantitative estimate of drug-likeness (QED) is 0.740. The van der Waals surface area contributed by atoms with Gasteiger partial charge >= 0.3 is 0 Å². The summed E-state index contributed by atoms with van der Waals surface area (Å²) in [6.45, 7) is -0.420. The fraction of sp³-hybridized carbons (Fsp3) is 0.125. The van der Waals surface area contributed by atoms with E-state index in [1.807, 2.05) is 6.07 Å². The van der Waals surface area contributed by atoms with Crippen LogP contribution in [0.3, 0.4) is 0 Å². The average Bonchev–Trinajstić information content (AvgIpc) is 2.53. The largest absolute Gasteiger partial charge is 0.488 e. The highest BCUT2D eigenvalue weighted by Gasteiger charge is 2.47. The van der Waals surface area contributed by atoms with Crippen molar-refractivity contribution in [3.05, 3.63) is 60.7 Å². The number of hydrogen-bond donors (Lipinski definition) is 2. The molecular weight excluding hydrogens is 284 g/mol. The molecule has 0 aliphatic carbocycles. The number of para-hydroxylation sites is 2. The first kappa shape index (κ1) is 15.4. The van der Waals surface area contributed by atoms with Gasteiger partial charge in [-0.05, 0) is 24.3 Å². The molecule has 0 aromatic heterocycles. The molecule has 22 heavy (non-hydrogen) atoms. The number of amides is 2. The molecule has 2 aromatic carbocycles. The molecule has 6 nitrogen and oxygen atoms in total. The fourth-order valence-corrected chi connectivity index (χ4v) is 1.79. The summed E-state index contributed by atoms with van der Waals surface area (Å²) < 4.78 is 10.9. The Morgan fingerprint density at radius 2 is 1.27 bits per heavy atom. The van der Waals surface area contributed by atoms with Crippen molar-refractivity contribution in [1.82, 2.24) is 0 Å². The molecule has 6 heteroatoms. The molecule has 0 aliphatic rings. The summed E-state index contributed by atoms with van der Waals surface area (Å²) in [5, 5.41) is 0. The van der Waals surface area contributed by atoms with Crippen LogP contribution >= 0.6 is 0 Å². The summed E-state index contributed by atoms with van der Waals surface area (Å²) in [7, 11) is 0. The van der Waals surface area contributed by atoms with Crippen LogP contribution in [0.25, 0.3) is 0 Å². The van der Waals surface area contributed by atoms with Crippen LogP contribution in [0.2, 0.25) is 0 Å². The maximum absolute atomic E-state index is 11.8. The first-order chi connectivity index (χ1) is 10.5. The van der Waals surface area contributed by atoms with Crippen molar-refractivity contribution in [2.24, 2.45) is 11.5 Å². The van der Waals surface area contributed by atoms with Gasteiger partial charge in [-0.25, -0.2) is 0 Å². The van der Waals surface area contributed by atoms with Crippen LogP contribution < -0.4 is 20.9 Å². The molecule has 2 amide bonds. The van der Waals surface area contributed by atoms with E-state index in [2.05, 4.69) is 0 Å². The molecule has 2 rings (SSSR count). The van der Waals surface area contributed by atoms with Gasteiger partial charge in [-0.2, -0.15) is 0 Å². The van der Waals surface area contributed by atoms with Crippen molar-refractivity contribution < 1.29 is 19.1 Å². The van der Waals surface area contributed by atoms with Gasteiger partial charge in [0.2, 0.25) is 0 Å². The number of ether oxygens (including phenoxy) is 2. The third-order valence-corrected chi connectivity index (χ3v) is 3.02. The molecule has 0 spiro atoms. The molecule has 0 aliphatic heterocycles. The molecule has 0 unspecified atom stereocenters. The van der Waals surface area contributed by atoms with E-state index < -0.39 is 24.0 Å². The highest BCUT2D eigenvalue weighted by molar-refractivity contribution is 6.07. The van der Waals surface area contributed by atoms with Gasteiger partial charge in [-0.1, -0.05) is 36.4 Å². The molecule has 0 saturated carbocycles. The maximum Gasteiger partial charge on any atom is 0.296 e. The Morgan fingerprint density at radius 3 is 1.73 bits per heavy atom. The highest BCUT2D eigenvalue weighted by atomic mass is 16.6. The van der Waals surface area contributed by atoms with Gasteiger partial charge in [0.1, 0.15) is 18.1 Å².